The highest BCUT2D eigenvalue weighted by Gasteiger charge is 1.93. The van der Waals surface area contributed by atoms with Gasteiger partial charge in [-0.25, -0.2) is 5.48 Å². The van der Waals surface area contributed by atoms with Crippen LogP contribution in [0.3, 0.4) is 0 Å². The molecule has 0 amide bonds. The SMILES string of the molecule is Cc1cc(NO)no1. The molecule has 0 aliphatic heterocycles. The predicted molar refractivity (Wildman–Crippen MR) is 26.6 cm³/mol. The van der Waals surface area contributed by atoms with Crippen LogP contribution in [0.25, 0.3) is 0 Å². The van der Waals surface area contributed by atoms with Crippen LogP contribution in [0.2, 0.25) is 0 Å². The monoisotopic (exact) mass is 114 g/mol. The van der Waals surface area contributed by atoms with Gasteiger partial charge in [0.05, 0.1) is 0 Å². The molecule has 0 fully saturated rings. The molecular formula is C4H6N2O2. The van der Waals surface area contributed by atoms with Crippen molar-refractivity contribution < 1.29 is 9.73 Å². The first-order chi connectivity index (χ1) is 3.83. The fraction of sp³-hybridized carbons (Fsp3) is 0.250. The van der Waals surface area contributed by atoms with Crippen molar-refractivity contribution in [2.45, 2.75) is 6.92 Å². The predicted octanol–water partition coefficient (Wildman–Crippen LogP) is 0.784. The van der Waals surface area contributed by atoms with Gasteiger partial charge in [-0.05, 0) is 6.92 Å². The van der Waals surface area contributed by atoms with E-state index in [2.05, 4.69) is 9.68 Å². The Hall–Kier alpha value is -1.03. The summed E-state index contributed by atoms with van der Waals surface area (Å²) in [4.78, 5) is 0. The van der Waals surface area contributed by atoms with Gasteiger partial charge in [-0.1, -0.05) is 5.16 Å². The fourth-order valence-corrected chi connectivity index (χ4v) is 0.419. The summed E-state index contributed by atoms with van der Waals surface area (Å²) < 4.78 is 4.58. The van der Waals surface area contributed by atoms with E-state index in [1.165, 1.54) is 0 Å². The first-order valence-electron chi connectivity index (χ1n) is 2.16. The topological polar surface area (TPSA) is 58.3 Å². The Labute approximate surface area is 46.1 Å². The first-order valence-corrected chi connectivity index (χ1v) is 2.16. The molecule has 0 unspecified atom stereocenters. The Bertz CT molecular complexity index is 172. The lowest BCUT2D eigenvalue weighted by Gasteiger charge is -1.81. The third-order valence-electron chi connectivity index (χ3n) is 0.743. The Kier molecular flexibility index (Phi) is 1.17. The van der Waals surface area contributed by atoms with Crippen LogP contribution in [0.5, 0.6) is 0 Å². The summed E-state index contributed by atoms with van der Waals surface area (Å²) >= 11 is 0. The molecule has 4 nitrogen and oxygen atoms in total. The summed E-state index contributed by atoms with van der Waals surface area (Å²) in [6.07, 6.45) is 0. The summed E-state index contributed by atoms with van der Waals surface area (Å²) in [5.74, 6) is 1.00. The van der Waals surface area contributed by atoms with Crippen LogP contribution in [0.15, 0.2) is 10.6 Å². The fourth-order valence-electron chi connectivity index (χ4n) is 0.419. The average Bonchev–Trinajstić information content (AvgIpc) is 2.14. The lowest BCUT2D eigenvalue weighted by Crippen LogP contribution is -1.86. The lowest BCUT2D eigenvalue weighted by molar-refractivity contribution is 0.362. The van der Waals surface area contributed by atoms with Crippen LogP contribution >= 0.6 is 0 Å². The number of rotatable bonds is 1. The van der Waals surface area contributed by atoms with Gasteiger partial charge >= 0.3 is 0 Å². The molecule has 1 aromatic rings. The van der Waals surface area contributed by atoms with Crippen LogP contribution in [0.1, 0.15) is 5.76 Å². The molecule has 1 heterocycles. The summed E-state index contributed by atoms with van der Waals surface area (Å²) in [6, 6.07) is 1.58. The van der Waals surface area contributed by atoms with Gasteiger partial charge < -0.3 is 4.52 Å². The van der Waals surface area contributed by atoms with E-state index in [0.29, 0.717) is 11.6 Å². The molecule has 1 rings (SSSR count). The Balaban J connectivity index is 2.84. The van der Waals surface area contributed by atoms with Crippen LogP contribution < -0.4 is 5.48 Å². The first kappa shape index (κ1) is 5.11. The molecule has 44 valence electrons. The van der Waals surface area contributed by atoms with E-state index in [-0.39, 0.29) is 0 Å². The minimum atomic E-state index is 0.336. The van der Waals surface area contributed by atoms with Crippen LogP contribution in [-0.4, -0.2) is 10.4 Å². The number of aryl methyl sites for hydroxylation is 1. The number of nitrogens with zero attached hydrogens (tertiary/aromatic N) is 1. The largest absolute Gasteiger partial charge is 0.359 e. The van der Waals surface area contributed by atoms with Gasteiger partial charge in [0.15, 0.2) is 5.82 Å². The van der Waals surface area contributed by atoms with E-state index < -0.39 is 0 Å². The quantitative estimate of drug-likeness (QED) is 0.530. The number of hydrogen-bond acceptors (Lipinski definition) is 4. The molecule has 0 radical (unpaired) electrons. The highest BCUT2D eigenvalue weighted by Crippen LogP contribution is 2.04. The molecule has 0 aliphatic rings. The molecule has 4 heteroatoms. The third kappa shape index (κ3) is 0.788. The lowest BCUT2D eigenvalue weighted by atomic mass is 10.5. The van der Waals surface area contributed by atoms with Crippen LogP contribution in [-0.2, 0) is 0 Å². The normalized spacial score (nSPS) is 9.25. The molecule has 2 N–H and O–H groups in total. The van der Waals surface area contributed by atoms with Crippen LogP contribution in [0, 0.1) is 6.92 Å². The van der Waals surface area contributed by atoms with E-state index >= 15 is 0 Å². The molecule has 0 aliphatic carbocycles. The molecule has 0 spiro atoms. The maximum Gasteiger partial charge on any atom is 0.193 e. The number of anilines is 1. The molecule has 0 saturated carbocycles. The summed E-state index contributed by atoms with van der Waals surface area (Å²) in [5, 5.41) is 11.6. The minimum Gasteiger partial charge on any atom is -0.359 e. The third-order valence-corrected chi connectivity index (χ3v) is 0.743. The Morgan fingerprint density at radius 1 is 1.88 bits per heavy atom. The Morgan fingerprint density at radius 3 is 2.88 bits per heavy atom. The molecule has 0 atom stereocenters. The van der Waals surface area contributed by atoms with Gasteiger partial charge in [-0.3, -0.25) is 5.21 Å². The smallest absolute Gasteiger partial charge is 0.193 e. The Morgan fingerprint density at radius 2 is 2.62 bits per heavy atom. The second-order valence-corrected chi connectivity index (χ2v) is 1.43. The van der Waals surface area contributed by atoms with Crippen molar-refractivity contribution in [1.82, 2.24) is 5.16 Å². The van der Waals surface area contributed by atoms with Crippen LogP contribution in [0.4, 0.5) is 5.82 Å². The maximum atomic E-state index is 8.18. The molecule has 8 heavy (non-hydrogen) atoms. The van der Waals surface area contributed by atoms with E-state index in [9.17, 15) is 0 Å². The second kappa shape index (κ2) is 1.83. The van der Waals surface area contributed by atoms with Gasteiger partial charge in [0.2, 0.25) is 0 Å². The highest BCUT2D eigenvalue weighted by atomic mass is 16.5. The van der Waals surface area contributed by atoms with Crippen molar-refractivity contribution in [2.75, 3.05) is 5.48 Å². The molecular weight excluding hydrogens is 108 g/mol. The number of nitrogens with one attached hydrogen (secondary N) is 1. The zero-order valence-electron chi connectivity index (χ0n) is 4.38. The number of hydrogen-bond donors (Lipinski definition) is 2. The summed E-state index contributed by atoms with van der Waals surface area (Å²) in [7, 11) is 0. The van der Waals surface area contributed by atoms with Crippen molar-refractivity contribution in [3.05, 3.63) is 11.8 Å². The highest BCUT2D eigenvalue weighted by molar-refractivity contribution is 5.29. The maximum absolute atomic E-state index is 8.18. The summed E-state index contributed by atoms with van der Waals surface area (Å²) in [6.45, 7) is 1.74. The van der Waals surface area contributed by atoms with E-state index in [1.807, 2.05) is 5.48 Å². The van der Waals surface area contributed by atoms with Gasteiger partial charge in [0.25, 0.3) is 0 Å². The van der Waals surface area contributed by atoms with E-state index in [4.69, 9.17) is 5.21 Å². The molecule has 0 bridgehead atoms. The van der Waals surface area contributed by atoms with Crippen molar-refractivity contribution >= 4 is 5.82 Å². The van der Waals surface area contributed by atoms with E-state index in [0.717, 1.165) is 0 Å². The van der Waals surface area contributed by atoms with Crippen molar-refractivity contribution in [3.63, 3.8) is 0 Å². The standard InChI is InChI=1S/C4H6N2O2/c1-3-2-4(5-7)6-8-3/h2,7H,1H3,(H,5,6). The van der Waals surface area contributed by atoms with Crippen molar-refractivity contribution in [3.8, 4) is 0 Å². The van der Waals surface area contributed by atoms with Gasteiger partial charge in [0.1, 0.15) is 5.76 Å². The van der Waals surface area contributed by atoms with Gasteiger partial charge in [-0.15, -0.1) is 0 Å². The molecule has 0 saturated heterocycles. The van der Waals surface area contributed by atoms with Gasteiger partial charge in [-0.2, -0.15) is 0 Å². The van der Waals surface area contributed by atoms with Gasteiger partial charge in [0, 0.05) is 6.07 Å². The minimum absolute atomic E-state index is 0.336. The average molecular weight is 114 g/mol. The zero-order valence-corrected chi connectivity index (χ0v) is 4.38. The molecule has 0 aromatic carbocycles. The summed E-state index contributed by atoms with van der Waals surface area (Å²) in [5.41, 5.74) is 1.84. The van der Waals surface area contributed by atoms with Crippen molar-refractivity contribution in [1.29, 1.82) is 0 Å². The van der Waals surface area contributed by atoms with Crippen molar-refractivity contribution in [2.24, 2.45) is 0 Å². The zero-order chi connectivity index (χ0) is 5.98. The van der Waals surface area contributed by atoms with E-state index in [1.54, 1.807) is 13.0 Å². The molecule has 1 aromatic heterocycles. The number of aromatic nitrogens is 1. The second-order valence-electron chi connectivity index (χ2n) is 1.43.